The van der Waals surface area contributed by atoms with Crippen molar-refractivity contribution in [2.75, 3.05) is 25.1 Å². The minimum absolute atomic E-state index is 0.0277. The van der Waals surface area contributed by atoms with Gasteiger partial charge in [-0.25, -0.2) is 12.8 Å². The minimum Gasteiger partial charge on any atom is -0.497 e. The molecule has 0 aliphatic carbocycles. The van der Waals surface area contributed by atoms with Crippen LogP contribution in [0.2, 0.25) is 0 Å². The van der Waals surface area contributed by atoms with Crippen molar-refractivity contribution in [2.24, 2.45) is 0 Å². The van der Waals surface area contributed by atoms with E-state index < -0.39 is 34.3 Å². The van der Waals surface area contributed by atoms with Crippen LogP contribution in [0.25, 0.3) is 0 Å². The van der Waals surface area contributed by atoms with Crippen LogP contribution in [-0.4, -0.2) is 58.0 Å². The third kappa shape index (κ3) is 7.97. The maximum atomic E-state index is 14.0. The van der Waals surface area contributed by atoms with Crippen molar-refractivity contribution >= 4 is 27.5 Å². The Bertz CT molecular complexity index is 1430. The topological polar surface area (TPSA) is 105 Å². The first kappa shape index (κ1) is 31.4. The van der Waals surface area contributed by atoms with Gasteiger partial charge >= 0.3 is 0 Å². The number of hydrogen-bond acceptors (Lipinski definition) is 6. The van der Waals surface area contributed by atoms with Gasteiger partial charge in [0, 0.05) is 12.6 Å². The lowest BCUT2D eigenvalue weighted by Crippen LogP contribution is -2.53. The smallest absolute Gasteiger partial charge is 0.264 e. The van der Waals surface area contributed by atoms with E-state index >= 15 is 0 Å². The standard InChI is InChI=1S/C30H36FN3O6S/c1-6-28(30(36)32-21(2)3)33(19-22-8-7-9-26(18-22)40-5)29(35)20-34(24-12-10-23(31)11-13-24)41(37,38)27-16-14-25(39-4)15-17-27/h7-18,21,28H,6,19-20H2,1-5H3,(H,32,36). The Kier molecular flexibility index (Phi) is 10.7. The molecular weight excluding hydrogens is 549 g/mol. The van der Waals surface area contributed by atoms with E-state index in [1.54, 1.807) is 31.2 Å². The maximum absolute atomic E-state index is 14.0. The molecule has 0 heterocycles. The molecule has 11 heteroatoms. The molecule has 3 aromatic rings. The van der Waals surface area contributed by atoms with E-state index in [0.717, 1.165) is 16.4 Å². The average molecular weight is 586 g/mol. The number of hydrogen-bond donors (Lipinski definition) is 1. The molecule has 3 rings (SSSR count). The monoisotopic (exact) mass is 585 g/mol. The summed E-state index contributed by atoms with van der Waals surface area (Å²) >= 11 is 0. The first-order valence-electron chi connectivity index (χ1n) is 13.1. The quantitative estimate of drug-likeness (QED) is 0.320. The number of ether oxygens (including phenoxy) is 2. The summed E-state index contributed by atoms with van der Waals surface area (Å²) in [6, 6.07) is 16.6. The van der Waals surface area contributed by atoms with Gasteiger partial charge in [-0.2, -0.15) is 0 Å². The Morgan fingerprint density at radius 3 is 2.12 bits per heavy atom. The molecule has 0 aliphatic rings. The molecule has 220 valence electrons. The zero-order valence-corrected chi connectivity index (χ0v) is 24.7. The largest absolute Gasteiger partial charge is 0.497 e. The van der Waals surface area contributed by atoms with Gasteiger partial charge in [-0.05, 0) is 86.5 Å². The molecule has 1 N–H and O–H groups in total. The summed E-state index contributed by atoms with van der Waals surface area (Å²) in [6.45, 7) is 4.81. The summed E-state index contributed by atoms with van der Waals surface area (Å²) in [5, 5.41) is 2.85. The third-order valence-corrected chi connectivity index (χ3v) is 8.13. The molecule has 41 heavy (non-hydrogen) atoms. The Labute approximate surface area is 240 Å². The van der Waals surface area contributed by atoms with Crippen LogP contribution in [-0.2, 0) is 26.2 Å². The number of sulfonamides is 1. The maximum Gasteiger partial charge on any atom is 0.264 e. The van der Waals surface area contributed by atoms with Crippen LogP contribution in [0.5, 0.6) is 11.5 Å². The normalized spacial score (nSPS) is 12.0. The van der Waals surface area contributed by atoms with E-state index in [0.29, 0.717) is 17.1 Å². The fraction of sp³-hybridized carbons (Fsp3) is 0.333. The van der Waals surface area contributed by atoms with Crippen LogP contribution >= 0.6 is 0 Å². The second-order valence-electron chi connectivity index (χ2n) is 9.62. The lowest BCUT2D eigenvalue weighted by atomic mass is 10.1. The molecule has 1 unspecified atom stereocenters. The van der Waals surface area contributed by atoms with Crippen LogP contribution < -0.4 is 19.1 Å². The molecular formula is C30H36FN3O6S. The van der Waals surface area contributed by atoms with E-state index in [1.165, 1.54) is 55.5 Å². The van der Waals surface area contributed by atoms with Crippen molar-refractivity contribution in [3.63, 3.8) is 0 Å². The van der Waals surface area contributed by atoms with Gasteiger partial charge in [0.25, 0.3) is 10.0 Å². The molecule has 1 atom stereocenters. The fourth-order valence-corrected chi connectivity index (χ4v) is 5.69. The molecule has 0 aromatic heterocycles. The van der Waals surface area contributed by atoms with Gasteiger partial charge in [-0.3, -0.25) is 13.9 Å². The van der Waals surface area contributed by atoms with Gasteiger partial charge in [-0.1, -0.05) is 19.1 Å². The van der Waals surface area contributed by atoms with Gasteiger partial charge in [-0.15, -0.1) is 0 Å². The number of halogens is 1. The molecule has 0 saturated heterocycles. The van der Waals surface area contributed by atoms with E-state index in [9.17, 15) is 22.4 Å². The number of nitrogens with zero attached hydrogens (tertiary/aromatic N) is 2. The predicted molar refractivity (Wildman–Crippen MR) is 155 cm³/mol. The average Bonchev–Trinajstić information content (AvgIpc) is 2.96. The van der Waals surface area contributed by atoms with Crippen molar-refractivity contribution in [3.05, 3.63) is 84.2 Å². The Morgan fingerprint density at radius 1 is 0.927 bits per heavy atom. The lowest BCUT2D eigenvalue weighted by Gasteiger charge is -2.33. The van der Waals surface area contributed by atoms with Crippen molar-refractivity contribution in [2.45, 2.75) is 50.7 Å². The second-order valence-corrected chi connectivity index (χ2v) is 11.5. The molecule has 0 spiro atoms. The molecule has 0 fully saturated rings. The summed E-state index contributed by atoms with van der Waals surface area (Å²) < 4.78 is 52.9. The van der Waals surface area contributed by atoms with E-state index in [4.69, 9.17) is 9.47 Å². The molecule has 0 bridgehead atoms. The number of methoxy groups -OCH3 is 2. The van der Waals surface area contributed by atoms with Crippen LogP contribution in [0.15, 0.2) is 77.7 Å². The summed E-state index contributed by atoms with van der Waals surface area (Å²) in [7, 11) is -1.30. The number of amides is 2. The minimum atomic E-state index is -4.29. The molecule has 0 aliphatic heterocycles. The molecule has 3 aromatic carbocycles. The fourth-order valence-electron chi connectivity index (χ4n) is 4.28. The highest BCUT2D eigenvalue weighted by atomic mass is 32.2. The molecule has 0 radical (unpaired) electrons. The summed E-state index contributed by atoms with van der Waals surface area (Å²) in [5.41, 5.74) is 0.788. The molecule has 2 amide bonds. The Morgan fingerprint density at radius 2 is 1.56 bits per heavy atom. The summed E-state index contributed by atoms with van der Waals surface area (Å²) in [5.74, 6) is -0.493. The Hall–Kier alpha value is -4.12. The van der Waals surface area contributed by atoms with Crippen molar-refractivity contribution in [1.82, 2.24) is 10.2 Å². The van der Waals surface area contributed by atoms with Gasteiger partial charge in [0.1, 0.15) is 29.9 Å². The molecule has 0 saturated carbocycles. The first-order chi connectivity index (χ1) is 19.5. The number of anilines is 1. The van der Waals surface area contributed by atoms with Gasteiger partial charge in [0.05, 0.1) is 24.8 Å². The molecule has 9 nitrogen and oxygen atoms in total. The van der Waals surface area contributed by atoms with E-state index in [1.807, 2.05) is 13.8 Å². The van der Waals surface area contributed by atoms with Gasteiger partial charge < -0.3 is 19.7 Å². The predicted octanol–water partition coefficient (Wildman–Crippen LogP) is 4.37. The summed E-state index contributed by atoms with van der Waals surface area (Å²) in [4.78, 5) is 28.5. The number of rotatable bonds is 13. The van der Waals surface area contributed by atoms with Crippen molar-refractivity contribution < 1.29 is 31.9 Å². The van der Waals surface area contributed by atoms with Gasteiger partial charge in [0.2, 0.25) is 11.8 Å². The van der Waals surface area contributed by atoms with E-state index in [-0.39, 0.29) is 35.5 Å². The highest BCUT2D eigenvalue weighted by Gasteiger charge is 2.34. The highest BCUT2D eigenvalue weighted by Crippen LogP contribution is 2.26. The number of nitrogens with one attached hydrogen (secondary N) is 1. The van der Waals surface area contributed by atoms with Crippen molar-refractivity contribution in [3.8, 4) is 11.5 Å². The SMILES string of the molecule is CCC(C(=O)NC(C)C)N(Cc1cccc(OC)c1)C(=O)CN(c1ccc(F)cc1)S(=O)(=O)c1ccc(OC)cc1. The van der Waals surface area contributed by atoms with Crippen LogP contribution in [0.1, 0.15) is 32.8 Å². The number of carbonyl (C=O) groups excluding carboxylic acids is 2. The lowest BCUT2D eigenvalue weighted by molar-refractivity contribution is -0.140. The second kappa shape index (κ2) is 14.0. The first-order valence-corrected chi connectivity index (χ1v) is 14.6. The zero-order chi connectivity index (χ0) is 30.2. The number of benzene rings is 3. The Balaban J connectivity index is 2.06. The van der Waals surface area contributed by atoms with Gasteiger partial charge in [0.15, 0.2) is 0 Å². The van der Waals surface area contributed by atoms with Crippen LogP contribution in [0.3, 0.4) is 0 Å². The highest BCUT2D eigenvalue weighted by molar-refractivity contribution is 7.92. The van der Waals surface area contributed by atoms with Crippen LogP contribution in [0, 0.1) is 5.82 Å². The zero-order valence-electron chi connectivity index (χ0n) is 23.8. The van der Waals surface area contributed by atoms with Crippen LogP contribution in [0.4, 0.5) is 10.1 Å². The third-order valence-electron chi connectivity index (χ3n) is 6.34. The van der Waals surface area contributed by atoms with E-state index in [2.05, 4.69) is 5.32 Å². The van der Waals surface area contributed by atoms with Crippen molar-refractivity contribution in [1.29, 1.82) is 0 Å². The summed E-state index contributed by atoms with van der Waals surface area (Å²) in [6.07, 6.45) is 0.288. The number of carbonyl (C=O) groups is 2.